The Balaban J connectivity index is 1.65. The Bertz CT molecular complexity index is 946. The summed E-state index contributed by atoms with van der Waals surface area (Å²) in [5.41, 5.74) is 1.86. The third-order valence-electron chi connectivity index (χ3n) is 4.76. The fraction of sp³-hybridized carbons (Fsp3) is 0.333. The van der Waals surface area contributed by atoms with Crippen molar-refractivity contribution >= 4 is 22.5 Å². The number of hydrogen-bond donors (Lipinski definition) is 1. The molecule has 5 nitrogen and oxygen atoms in total. The summed E-state index contributed by atoms with van der Waals surface area (Å²) in [7, 11) is 2.08. The van der Waals surface area contributed by atoms with E-state index in [1.807, 2.05) is 0 Å². The lowest BCUT2D eigenvalue weighted by molar-refractivity contribution is 0.235. The van der Waals surface area contributed by atoms with E-state index < -0.39 is 0 Å². The SMILES string of the molecule is Cn1cccc1C1CCCN1Cc1nc2ccc(Cl)cc2c(=O)[nH]1. The van der Waals surface area contributed by atoms with E-state index in [9.17, 15) is 4.79 Å². The third kappa shape index (κ3) is 2.74. The van der Waals surface area contributed by atoms with Gasteiger partial charge in [-0.3, -0.25) is 9.69 Å². The number of rotatable bonds is 3. The van der Waals surface area contributed by atoms with Crippen LogP contribution >= 0.6 is 11.6 Å². The monoisotopic (exact) mass is 342 g/mol. The molecule has 1 saturated heterocycles. The molecule has 1 aromatic carbocycles. The van der Waals surface area contributed by atoms with Crippen molar-refractivity contribution in [3.05, 3.63) is 63.4 Å². The maximum atomic E-state index is 12.3. The smallest absolute Gasteiger partial charge is 0.258 e. The van der Waals surface area contributed by atoms with Gasteiger partial charge in [0, 0.05) is 24.0 Å². The first-order valence-corrected chi connectivity index (χ1v) is 8.53. The van der Waals surface area contributed by atoms with Gasteiger partial charge in [0.2, 0.25) is 0 Å². The zero-order chi connectivity index (χ0) is 16.7. The minimum Gasteiger partial charge on any atom is -0.353 e. The normalized spacial score (nSPS) is 18.5. The minimum absolute atomic E-state index is 0.132. The maximum absolute atomic E-state index is 12.3. The van der Waals surface area contributed by atoms with Gasteiger partial charge in [-0.1, -0.05) is 11.6 Å². The number of aromatic nitrogens is 3. The number of nitrogens with zero attached hydrogens (tertiary/aromatic N) is 3. The molecule has 1 atom stereocenters. The second-order valence-corrected chi connectivity index (χ2v) is 6.78. The van der Waals surface area contributed by atoms with Crippen LogP contribution in [0.15, 0.2) is 41.3 Å². The van der Waals surface area contributed by atoms with Gasteiger partial charge in [0.05, 0.1) is 23.5 Å². The second-order valence-electron chi connectivity index (χ2n) is 6.35. The Morgan fingerprint density at radius 3 is 3.04 bits per heavy atom. The molecule has 4 rings (SSSR count). The molecule has 1 fully saturated rings. The first-order chi connectivity index (χ1) is 11.6. The summed E-state index contributed by atoms with van der Waals surface area (Å²) in [5, 5.41) is 1.08. The highest BCUT2D eigenvalue weighted by molar-refractivity contribution is 6.31. The molecular weight excluding hydrogens is 324 g/mol. The average molecular weight is 343 g/mol. The van der Waals surface area contributed by atoms with Crippen LogP contribution < -0.4 is 5.56 Å². The molecule has 3 heterocycles. The van der Waals surface area contributed by atoms with Gasteiger partial charge in [0.15, 0.2) is 0 Å². The van der Waals surface area contributed by atoms with Crippen molar-refractivity contribution in [2.45, 2.75) is 25.4 Å². The van der Waals surface area contributed by atoms with Gasteiger partial charge in [-0.05, 0) is 49.7 Å². The Hall–Kier alpha value is -2.11. The molecule has 1 aliphatic rings. The molecule has 1 N–H and O–H groups in total. The van der Waals surface area contributed by atoms with Gasteiger partial charge in [-0.25, -0.2) is 4.98 Å². The molecule has 0 radical (unpaired) electrons. The molecule has 0 bridgehead atoms. The van der Waals surface area contributed by atoms with Gasteiger partial charge in [0.1, 0.15) is 5.82 Å². The molecule has 1 aliphatic heterocycles. The fourth-order valence-corrected chi connectivity index (χ4v) is 3.77. The van der Waals surface area contributed by atoms with Crippen LogP contribution in [0.25, 0.3) is 10.9 Å². The molecule has 1 unspecified atom stereocenters. The van der Waals surface area contributed by atoms with Gasteiger partial charge >= 0.3 is 0 Å². The van der Waals surface area contributed by atoms with Gasteiger partial charge in [0.25, 0.3) is 5.56 Å². The summed E-state index contributed by atoms with van der Waals surface area (Å²) in [6.45, 7) is 1.65. The van der Waals surface area contributed by atoms with Crippen molar-refractivity contribution in [2.24, 2.45) is 7.05 Å². The Labute approximate surface area is 144 Å². The summed E-state index contributed by atoms with van der Waals surface area (Å²) in [6, 6.07) is 9.84. The molecule has 2 aromatic heterocycles. The number of fused-ring (bicyclic) bond motifs is 1. The maximum Gasteiger partial charge on any atom is 0.258 e. The molecule has 0 spiro atoms. The van der Waals surface area contributed by atoms with Crippen molar-refractivity contribution in [1.29, 1.82) is 0 Å². The summed E-state index contributed by atoms with van der Waals surface area (Å²) in [5.74, 6) is 0.705. The lowest BCUT2D eigenvalue weighted by Crippen LogP contribution is -2.26. The van der Waals surface area contributed by atoms with E-state index in [4.69, 9.17) is 11.6 Å². The van der Waals surface area contributed by atoms with E-state index in [0.29, 0.717) is 34.3 Å². The van der Waals surface area contributed by atoms with Crippen LogP contribution in [0.1, 0.15) is 30.4 Å². The number of aryl methyl sites for hydroxylation is 1. The lowest BCUT2D eigenvalue weighted by Gasteiger charge is -2.24. The van der Waals surface area contributed by atoms with Crippen molar-refractivity contribution < 1.29 is 0 Å². The quantitative estimate of drug-likeness (QED) is 0.795. The predicted molar refractivity (Wildman–Crippen MR) is 95.2 cm³/mol. The van der Waals surface area contributed by atoms with Crippen molar-refractivity contribution in [3.63, 3.8) is 0 Å². The van der Waals surface area contributed by atoms with E-state index >= 15 is 0 Å². The van der Waals surface area contributed by atoms with E-state index in [-0.39, 0.29) is 5.56 Å². The fourth-order valence-electron chi connectivity index (χ4n) is 3.60. The Morgan fingerprint density at radius 1 is 1.38 bits per heavy atom. The van der Waals surface area contributed by atoms with Crippen LogP contribution in [0.4, 0.5) is 0 Å². The van der Waals surface area contributed by atoms with Crippen LogP contribution in [0.2, 0.25) is 5.02 Å². The van der Waals surface area contributed by atoms with Gasteiger partial charge in [-0.2, -0.15) is 0 Å². The number of hydrogen-bond acceptors (Lipinski definition) is 3. The highest BCUT2D eigenvalue weighted by Gasteiger charge is 2.28. The highest BCUT2D eigenvalue weighted by Crippen LogP contribution is 2.32. The summed E-state index contributed by atoms with van der Waals surface area (Å²) in [6.07, 6.45) is 4.36. The second kappa shape index (κ2) is 6.07. The zero-order valence-corrected chi connectivity index (χ0v) is 14.3. The molecule has 0 aliphatic carbocycles. The van der Waals surface area contributed by atoms with Crippen LogP contribution in [0.3, 0.4) is 0 Å². The van der Waals surface area contributed by atoms with E-state index in [1.165, 1.54) is 5.69 Å². The summed E-state index contributed by atoms with van der Waals surface area (Å²) in [4.78, 5) is 22.2. The first kappa shape index (κ1) is 15.4. The highest BCUT2D eigenvalue weighted by atomic mass is 35.5. The van der Waals surface area contributed by atoms with Crippen LogP contribution in [-0.4, -0.2) is 26.0 Å². The predicted octanol–water partition coefficient (Wildman–Crippen LogP) is 3.25. The average Bonchev–Trinajstić information content (AvgIpc) is 3.16. The summed E-state index contributed by atoms with van der Waals surface area (Å²) >= 11 is 5.97. The van der Waals surface area contributed by atoms with Crippen molar-refractivity contribution in [3.8, 4) is 0 Å². The Morgan fingerprint density at radius 2 is 2.25 bits per heavy atom. The first-order valence-electron chi connectivity index (χ1n) is 8.15. The van der Waals surface area contributed by atoms with Crippen LogP contribution in [0.5, 0.6) is 0 Å². The lowest BCUT2D eigenvalue weighted by atomic mass is 10.1. The molecule has 0 amide bonds. The van der Waals surface area contributed by atoms with E-state index in [2.05, 4.69) is 44.8 Å². The minimum atomic E-state index is -0.132. The van der Waals surface area contributed by atoms with Crippen LogP contribution in [-0.2, 0) is 13.6 Å². The molecule has 3 aromatic rings. The third-order valence-corrected chi connectivity index (χ3v) is 4.99. The number of nitrogens with one attached hydrogen (secondary N) is 1. The Kier molecular flexibility index (Phi) is 3.90. The topological polar surface area (TPSA) is 53.9 Å². The molecule has 124 valence electrons. The van der Waals surface area contributed by atoms with Gasteiger partial charge in [-0.15, -0.1) is 0 Å². The van der Waals surface area contributed by atoms with Crippen molar-refractivity contribution in [2.75, 3.05) is 6.54 Å². The number of aromatic amines is 1. The largest absolute Gasteiger partial charge is 0.353 e. The van der Waals surface area contributed by atoms with Crippen molar-refractivity contribution in [1.82, 2.24) is 19.4 Å². The molecule has 6 heteroatoms. The van der Waals surface area contributed by atoms with E-state index in [1.54, 1.807) is 18.2 Å². The van der Waals surface area contributed by atoms with Gasteiger partial charge < -0.3 is 9.55 Å². The number of benzene rings is 1. The number of likely N-dealkylation sites (tertiary alicyclic amines) is 1. The number of H-pyrrole nitrogens is 1. The standard InChI is InChI=1S/C18H19ClN4O/c1-22-8-2-4-15(22)16-5-3-9-23(16)11-17-20-14-7-6-12(19)10-13(14)18(24)21-17/h2,4,6-8,10,16H,3,5,9,11H2,1H3,(H,20,21,24). The molecule has 0 saturated carbocycles. The van der Waals surface area contributed by atoms with Crippen LogP contribution in [0, 0.1) is 0 Å². The zero-order valence-electron chi connectivity index (χ0n) is 13.5. The van der Waals surface area contributed by atoms with E-state index in [0.717, 1.165) is 19.4 Å². The molecular formula is C18H19ClN4O. The number of halogens is 1. The molecule has 24 heavy (non-hydrogen) atoms. The summed E-state index contributed by atoms with van der Waals surface area (Å²) < 4.78 is 2.17.